The largest absolute Gasteiger partial charge is 0.489 e. The molecule has 1 spiro atoms. The Balaban J connectivity index is 0.827. The van der Waals surface area contributed by atoms with E-state index in [1.165, 1.54) is 30.0 Å². The number of likely N-dealkylation sites (N-methyl/N-ethyl adjacent to an activating group) is 1. The third kappa shape index (κ3) is 7.99. The summed E-state index contributed by atoms with van der Waals surface area (Å²) < 4.78 is 49.3. The molecule has 1 aliphatic carbocycles. The average Bonchev–Trinajstić information content (AvgIpc) is 4.11. The number of pyridine rings is 1. The lowest BCUT2D eigenvalue weighted by Crippen LogP contribution is -2.66. The summed E-state index contributed by atoms with van der Waals surface area (Å²) in [7, 11) is -2.61. The highest BCUT2D eigenvalue weighted by atomic mass is 32.2. The SMILES string of the molecule is CC(C)c1ccccc1[C@@H]1CCCN1C1CC2(C1)CN(c1ccc(C(=O)NS(=O)(=O)c3cc4c(c([N+](=O)[O-])c3)N[C@H](CN3CCN(C)CC3)CO4)c(N3c4cc5cc[nH]c5nc4O[C@@H]4COC[C@H]43)c1)C2. The third-order valence-electron chi connectivity index (χ3n) is 16.0. The van der Waals surface area contributed by atoms with E-state index in [-0.39, 0.29) is 41.1 Å². The van der Waals surface area contributed by atoms with E-state index in [0.29, 0.717) is 60.7 Å². The molecule has 3 N–H and O–H groups in total. The van der Waals surface area contributed by atoms with Gasteiger partial charge in [0.1, 0.15) is 24.0 Å². The molecule has 2 aromatic heterocycles. The number of carbonyl (C=O) groups excluding carboxylic acids is 1. The van der Waals surface area contributed by atoms with Crippen molar-refractivity contribution in [2.24, 2.45) is 5.41 Å². The second-order valence-corrected chi connectivity index (χ2v) is 22.6. The van der Waals surface area contributed by atoms with Gasteiger partial charge < -0.3 is 39.2 Å². The fourth-order valence-electron chi connectivity index (χ4n) is 12.4. The number of amides is 1. The Kier molecular flexibility index (Phi) is 11.2. The van der Waals surface area contributed by atoms with Gasteiger partial charge in [0.15, 0.2) is 11.4 Å². The van der Waals surface area contributed by atoms with E-state index >= 15 is 0 Å². The Labute approximate surface area is 407 Å². The predicted molar refractivity (Wildman–Crippen MR) is 265 cm³/mol. The molecule has 6 aliphatic heterocycles. The molecule has 0 radical (unpaired) electrons. The number of carbonyl (C=O) groups is 1. The monoisotopic (exact) mass is 972 g/mol. The number of benzene rings is 3. The molecular formula is C51H60N10O8S. The van der Waals surface area contributed by atoms with Crippen LogP contribution >= 0.6 is 0 Å². The normalized spacial score (nSPS) is 24.6. The van der Waals surface area contributed by atoms with Gasteiger partial charge in [-0.1, -0.05) is 38.1 Å². The molecule has 368 valence electrons. The second kappa shape index (κ2) is 17.4. The lowest BCUT2D eigenvalue weighted by molar-refractivity contribution is -0.384. The predicted octanol–water partition coefficient (Wildman–Crippen LogP) is 6.24. The van der Waals surface area contributed by atoms with Crippen LogP contribution in [0.25, 0.3) is 11.0 Å². The summed E-state index contributed by atoms with van der Waals surface area (Å²) in [5, 5.41) is 16.6. The van der Waals surface area contributed by atoms with Crippen LogP contribution in [-0.2, 0) is 14.8 Å². The number of nitrogens with one attached hydrogen (secondary N) is 3. The molecule has 3 aromatic carbocycles. The molecule has 0 unspecified atom stereocenters. The maximum absolute atomic E-state index is 14.7. The summed E-state index contributed by atoms with van der Waals surface area (Å²) in [4.78, 5) is 45.8. The zero-order valence-corrected chi connectivity index (χ0v) is 40.6. The van der Waals surface area contributed by atoms with E-state index in [4.69, 9.17) is 19.2 Å². The van der Waals surface area contributed by atoms with E-state index in [2.05, 4.69) is 79.8 Å². The first kappa shape index (κ1) is 45.2. The van der Waals surface area contributed by atoms with Crippen molar-refractivity contribution in [3.05, 3.63) is 99.7 Å². The highest BCUT2D eigenvalue weighted by molar-refractivity contribution is 7.90. The van der Waals surface area contributed by atoms with Crippen molar-refractivity contribution in [2.75, 3.05) is 94.3 Å². The quantitative estimate of drug-likeness (QED) is 0.0996. The van der Waals surface area contributed by atoms with E-state index in [1.807, 2.05) is 29.2 Å². The number of piperazine rings is 1. The minimum atomic E-state index is -4.68. The zero-order valence-electron chi connectivity index (χ0n) is 39.8. The van der Waals surface area contributed by atoms with Crippen molar-refractivity contribution in [1.82, 2.24) is 29.4 Å². The second-order valence-electron chi connectivity index (χ2n) is 20.9. The number of fused-ring (bicyclic) bond motifs is 4. The van der Waals surface area contributed by atoms with Crippen LogP contribution in [0.15, 0.2) is 77.8 Å². The third-order valence-corrected chi connectivity index (χ3v) is 17.3. The summed E-state index contributed by atoms with van der Waals surface area (Å²) in [6.45, 7) is 12.4. The lowest BCUT2D eigenvalue weighted by Gasteiger charge is -2.62. The van der Waals surface area contributed by atoms with Crippen molar-refractivity contribution in [1.29, 1.82) is 0 Å². The zero-order chi connectivity index (χ0) is 48.1. The maximum Gasteiger partial charge on any atom is 0.297 e. The maximum atomic E-state index is 14.7. The Hall–Kier alpha value is -5.99. The molecule has 12 rings (SSSR count). The van der Waals surface area contributed by atoms with Crippen LogP contribution in [-0.4, -0.2) is 147 Å². The molecule has 4 atom stereocenters. The topological polar surface area (TPSA) is 191 Å². The standard InChI is InChI=1S/C51H60N10O8S/c1-31(2)37-7-4-5-8-38(37)40-9-6-14-59(40)35-23-51(24-35)29-58(30-51)34-10-11-39(41(20-34)60-43-19-32-12-13-52-48(32)54-50(43)69-46-28-67-27-44(46)60)49(62)55-70(65,66)36-21-42(61(63)64)47-45(22-36)68-26-33(53-47)25-57-17-15-56(3)16-18-57/h4-5,7-8,10-13,19-22,31,33,35,40,44,46,53H,6,9,14-18,23-30H2,1-3H3,(H,52,54)(H,55,62)/t33-,40+,44-,46-/m1/s1. The lowest BCUT2D eigenvalue weighted by atomic mass is 9.60. The van der Waals surface area contributed by atoms with Crippen LogP contribution in [0.1, 0.15) is 73.0 Å². The number of nitro benzene ring substituents is 1. The Bertz CT molecular complexity index is 2980. The van der Waals surface area contributed by atoms with Crippen LogP contribution < -0.4 is 29.3 Å². The van der Waals surface area contributed by atoms with Gasteiger partial charge in [-0.05, 0) is 86.7 Å². The molecule has 8 heterocycles. The molecular weight excluding hydrogens is 913 g/mol. The molecule has 18 nitrogen and oxygen atoms in total. The van der Waals surface area contributed by atoms with Gasteiger partial charge in [-0.3, -0.25) is 24.7 Å². The molecule has 7 aliphatic rings. The summed E-state index contributed by atoms with van der Waals surface area (Å²) >= 11 is 0. The Morgan fingerprint density at radius 1 is 0.986 bits per heavy atom. The molecule has 4 saturated heterocycles. The summed E-state index contributed by atoms with van der Waals surface area (Å²) in [6.07, 6.45) is 6.04. The summed E-state index contributed by atoms with van der Waals surface area (Å²) in [6, 6.07) is 21.0. The fraction of sp³-hybridized carbons (Fsp3) is 0.490. The Morgan fingerprint density at radius 2 is 1.80 bits per heavy atom. The van der Waals surface area contributed by atoms with Crippen LogP contribution in [0.4, 0.5) is 28.4 Å². The molecule has 5 aromatic rings. The first-order valence-electron chi connectivity index (χ1n) is 24.7. The van der Waals surface area contributed by atoms with Crippen LogP contribution in [0.2, 0.25) is 0 Å². The van der Waals surface area contributed by atoms with Gasteiger partial charge in [0.2, 0.25) is 5.88 Å². The molecule has 5 fully saturated rings. The van der Waals surface area contributed by atoms with Crippen molar-refractivity contribution in [3.8, 4) is 11.6 Å². The van der Waals surface area contributed by atoms with Gasteiger partial charge >= 0.3 is 0 Å². The number of rotatable bonds is 11. The average molecular weight is 973 g/mol. The van der Waals surface area contributed by atoms with Crippen molar-refractivity contribution < 1.29 is 32.3 Å². The fourth-order valence-corrected chi connectivity index (χ4v) is 13.4. The number of ether oxygens (including phenoxy) is 3. The number of hydrogen-bond acceptors (Lipinski definition) is 15. The minimum Gasteiger partial charge on any atom is -0.489 e. The number of sulfonamides is 1. The van der Waals surface area contributed by atoms with Gasteiger partial charge in [0.25, 0.3) is 21.6 Å². The summed E-state index contributed by atoms with van der Waals surface area (Å²) in [5.74, 6) is -0.0245. The first-order valence-corrected chi connectivity index (χ1v) is 26.2. The number of hydrogen-bond donors (Lipinski definition) is 3. The molecule has 1 amide bonds. The number of likely N-dealkylation sites (tertiary alicyclic amines) is 1. The van der Waals surface area contributed by atoms with Gasteiger partial charge in [-0.25, -0.2) is 13.1 Å². The number of aromatic nitrogens is 2. The van der Waals surface area contributed by atoms with Gasteiger partial charge in [0, 0.05) is 92.7 Å². The van der Waals surface area contributed by atoms with E-state index < -0.39 is 37.5 Å². The summed E-state index contributed by atoms with van der Waals surface area (Å²) in [5.41, 5.74) is 5.51. The van der Waals surface area contributed by atoms with Gasteiger partial charge in [-0.15, -0.1) is 0 Å². The van der Waals surface area contributed by atoms with Gasteiger partial charge in [0.05, 0.1) is 46.4 Å². The van der Waals surface area contributed by atoms with E-state index in [1.54, 1.807) is 12.3 Å². The van der Waals surface area contributed by atoms with E-state index in [9.17, 15) is 23.3 Å². The van der Waals surface area contributed by atoms with Crippen LogP contribution in [0, 0.1) is 15.5 Å². The van der Waals surface area contributed by atoms with Crippen molar-refractivity contribution in [2.45, 2.75) is 80.6 Å². The highest BCUT2D eigenvalue weighted by Crippen LogP contribution is 2.55. The number of H-pyrrole nitrogens is 1. The molecule has 0 bridgehead atoms. The van der Waals surface area contributed by atoms with Crippen molar-refractivity contribution >= 4 is 55.4 Å². The number of nitrogens with zero attached hydrogens (tertiary/aromatic N) is 7. The minimum absolute atomic E-state index is 0.0317. The number of anilines is 4. The van der Waals surface area contributed by atoms with Crippen LogP contribution in [0.5, 0.6) is 11.6 Å². The highest BCUT2D eigenvalue weighted by Gasteiger charge is 2.55. The van der Waals surface area contributed by atoms with Crippen LogP contribution in [0.3, 0.4) is 0 Å². The van der Waals surface area contributed by atoms with Gasteiger partial charge in [-0.2, -0.15) is 4.98 Å². The molecule has 70 heavy (non-hydrogen) atoms. The Morgan fingerprint density at radius 3 is 2.60 bits per heavy atom. The van der Waals surface area contributed by atoms with E-state index in [0.717, 1.165) is 75.8 Å². The smallest absolute Gasteiger partial charge is 0.297 e. The molecule has 1 saturated carbocycles. The number of nitro groups is 1. The molecule has 19 heteroatoms. The number of aromatic amines is 1. The first-order chi connectivity index (χ1) is 33.8. The van der Waals surface area contributed by atoms with Crippen molar-refractivity contribution in [3.63, 3.8) is 0 Å².